The first-order valence-corrected chi connectivity index (χ1v) is 7.95. The fourth-order valence-electron chi connectivity index (χ4n) is 1.64. The number of hydrogen-bond acceptors (Lipinski definition) is 6. The maximum absolute atomic E-state index is 11.6. The molecule has 1 amide bonds. The van der Waals surface area contributed by atoms with Crippen molar-refractivity contribution in [2.45, 2.75) is 22.9 Å². The maximum Gasteiger partial charge on any atom is 0.317 e. The van der Waals surface area contributed by atoms with Gasteiger partial charge in [0.1, 0.15) is 5.25 Å². The summed E-state index contributed by atoms with van der Waals surface area (Å²) in [4.78, 5) is 27.2. The number of hydroxylamine groups is 2. The number of amides is 1. The van der Waals surface area contributed by atoms with Crippen molar-refractivity contribution in [3.63, 3.8) is 0 Å². The van der Waals surface area contributed by atoms with E-state index in [2.05, 4.69) is 4.98 Å². The van der Waals surface area contributed by atoms with E-state index in [0.29, 0.717) is 9.40 Å². The SMILES string of the molecule is CCN(O)C(=O)CC(Sc1nc2ccccc2s1)C(=O)O. The van der Waals surface area contributed by atoms with Crippen LogP contribution in [0.15, 0.2) is 28.6 Å². The number of fused-ring (bicyclic) bond motifs is 1. The first-order valence-electron chi connectivity index (χ1n) is 6.25. The van der Waals surface area contributed by atoms with Crippen LogP contribution in [0.4, 0.5) is 0 Å². The van der Waals surface area contributed by atoms with Gasteiger partial charge in [0.2, 0.25) is 5.91 Å². The first kappa shape index (κ1) is 15.7. The molecule has 112 valence electrons. The minimum absolute atomic E-state index is 0.122. The van der Waals surface area contributed by atoms with Crippen LogP contribution in [0.2, 0.25) is 0 Å². The maximum atomic E-state index is 11.6. The molecule has 1 aromatic carbocycles. The lowest BCUT2D eigenvalue weighted by atomic mass is 10.3. The molecule has 2 rings (SSSR count). The summed E-state index contributed by atoms with van der Waals surface area (Å²) >= 11 is 2.41. The molecule has 0 saturated carbocycles. The lowest BCUT2D eigenvalue weighted by Gasteiger charge is -2.15. The third-order valence-electron chi connectivity index (χ3n) is 2.74. The van der Waals surface area contributed by atoms with Crippen molar-refractivity contribution < 1.29 is 19.9 Å². The van der Waals surface area contributed by atoms with Gasteiger partial charge in [0.15, 0.2) is 4.34 Å². The fraction of sp³-hybridized carbons (Fsp3) is 0.308. The van der Waals surface area contributed by atoms with Gasteiger partial charge in [-0.3, -0.25) is 14.8 Å². The largest absolute Gasteiger partial charge is 0.480 e. The van der Waals surface area contributed by atoms with Crippen molar-refractivity contribution >= 4 is 45.2 Å². The number of carboxylic acids is 1. The van der Waals surface area contributed by atoms with Crippen molar-refractivity contribution in [1.29, 1.82) is 0 Å². The highest BCUT2D eigenvalue weighted by molar-refractivity contribution is 8.02. The summed E-state index contributed by atoms with van der Waals surface area (Å²) in [7, 11) is 0. The van der Waals surface area contributed by atoms with Crippen LogP contribution in [-0.4, -0.2) is 44.0 Å². The lowest BCUT2D eigenvalue weighted by molar-refractivity contribution is -0.165. The molecule has 1 heterocycles. The van der Waals surface area contributed by atoms with Gasteiger partial charge in [-0.25, -0.2) is 10.0 Å². The van der Waals surface area contributed by atoms with Crippen LogP contribution in [0.3, 0.4) is 0 Å². The van der Waals surface area contributed by atoms with E-state index in [9.17, 15) is 19.9 Å². The molecule has 0 aliphatic heterocycles. The van der Waals surface area contributed by atoms with E-state index in [-0.39, 0.29) is 13.0 Å². The number of para-hydroxylation sites is 1. The van der Waals surface area contributed by atoms with Gasteiger partial charge >= 0.3 is 5.97 Å². The Morgan fingerprint density at radius 2 is 2.14 bits per heavy atom. The molecular weight excluding hydrogens is 312 g/mol. The molecule has 0 radical (unpaired) electrons. The zero-order valence-corrected chi connectivity index (χ0v) is 12.9. The number of nitrogens with zero attached hydrogens (tertiary/aromatic N) is 2. The van der Waals surface area contributed by atoms with E-state index in [4.69, 9.17) is 0 Å². The zero-order valence-electron chi connectivity index (χ0n) is 11.2. The van der Waals surface area contributed by atoms with Gasteiger partial charge < -0.3 is 5.11 Å². The van der Waals surface area contributed by atoms with Gasteiger partial charge in [-0.2, -0.15) is 0 Å². The van der Waals surface area contributed by atoms with Crippen LogP contribution in [0.25, 0.3) is 10.2 Å². The van der Waals surface area contributed by atoms with Crippen molar-refractivity contribution in [3.8, 4) is 0 Å². The average molecular weight is 326 g/mol. The molecule has 1 unspecified atom stereocenters. The Bertz CT molecular complexity index is 625. The number of aromatic nitrogens is 1. The summed E-state index contributed by atoms with van der Waals surface area (Å²) in [5.74, 6) is -1.71. The second-order valence-corrected chi connectivity index (χ2v) is 6.69. The Kier molecular flexibility index (Phi) is 5.16. The predicted molar refractivity (Wildman–Crippen MR) is 80.7 cm³/mol. The van der Waals surface area contributed by atoms with E-state index in [0.717, 1.165) is 22.0 Å². The van der Waals surface area contributed by atoms with Gasteiger partial charge in [-0.05, 0) is 19.1 Å². The van der Waals surface area contributed by atoms with E-state index in [1.165, 1.54) is 11.3 Å². The molecule has 0 saturated heterocycles. The third-order valence-corrected chi connectivity index (χ3v) is 5.06. The Labute approximate surface area is 129 Å². The van der Waals surface area contributed by atoms with Crippen LogP contribution in [0.5, 0.6) is 0 Å². The van der Waals surface area contributed by atoms with Gasteiger partial charge in [0, 0.05) is 6.54 Å². The average Bonchev–Trinajstić information content (AvgIpc) is 2.87. The van der Waals surface area contributed by atoms with Gasteiger partial charge in [-0.15, -0.1) is 11.3 Å². The number of aliphatic carboxylic acids is 1. The Morgan fingerprint density at radius 1 is 1.43 bits per heavy atom. The number of benzene rings is 1. The summed E-state index contributed by atoms with van der Waals surface area (Å²) in [6.07, 6.45) is -0.278. The lowest BCUT2D eigenvalue weighted by Crippen LogP contribution is -2.31. The highest BCUT2D eigenvalue weighted by Crippen LogP contribution is 2.33. The molecule has 0 aliphatic rings. The molecule has 0 aliphatic carbocycles. The summed E-state index contributed by atoms with van der Waals surface area (Å²) in [5.41, 5.74) is 0.804. The van der Waals surface area contributed by atoms with E-state index in [1.807, 2.05) is 24.3 Å². The molecule has 6 nitrogen and oxygen atoms in total. The number of rotatable bonds is 6. The van der Waals surface area contributed by atoms with Crippen molar-refractivity contribution in [3.05, 3.63) is 24.3 Å². The van der Waals surface area contributed by atoms with E-state index < -0.39 is 17.1 Å². The molecule has 1 atom stereocenters. The van der Waals surface area contributed by atoms with Gasteiger partial charge in [-0.1, -0.05) is 23.9 Å². The predicted octanol–water partition coefficient (Wildman–Crippen LogP) is 2.47. The molecule has 0 bridgehead atoms. The molecule has 2 N–H and O–H groups in total. The zero-order chi connectivity index (χ0) is 15.4. The topological polar surface area (TPSA) is 90.7 Å². The molecule has 2 aromatic rings. The highest BCUT2D eigenvalue weighted by atomic mass is 32.2. The van der Waals surface area contributed by atoms with Gasteiger partial charge in [0.25, 0.3) is 0 Å². The van der Waals surface area contributed by atoms with Crippen LogP contribution >= 0.6 is 23.1 Å². The molecule has 8 heteroatoms. The summed E-state index contributed by atoms with van der Waals surface area (Å²) in [6.45, 7) is 1.73. The summed E-state index contributed by atoms with van der Waals surface area (Å²) in [6, 6.07) is 7.51. The Balaban J connectivity index is 2.12. The van der Waals surface area contributed by atoms with Crippen molar-refractivity contribution in [1.82, 2.24) is 10.0 Å². The van der Waals surface area contributed by atoms with Crippen LogP contribution in [-0.2, 0) is 9.59 Å². The van der Waals surface area contributed by atoms with E-state index >= 15 is 0 Å². The van der Waals surface area contributed by atoms with Crippen molar-refractivity contribution in [2.24, 2.45) is 0 Å². The van der Waals surface area contributed by atoms with Crippen molar-refractivity contribution in [2.75, 3.05) is 6.54 Å². The number of thiazole rings is 1. The minimum atomic E-state index is -1.10. The smallest absolute Gasteiger partial charge is 0.317 e. The fourth-order valence-corrected chi connectivity index (χ4v) is 3.87. The number of carbonyl (C=O) groups is 2. The molecule has 0 fully saturated rings. The van der Waals surface area contributed by atoms with Crippen LogP contribution < -0.4 is 0 Å². The quantitative estimate of drug-likeness (QED) is 0.481. The van der Waals surface area contributed by atoms with Crippen LogP contribution in [0.1, 0.15) is 13.3 Å². The normalized spacial score (nSPS) is 12.3. The van der Waals surface area contributed by atoms with Crippen LogP contribution in [0, 0.1) is 0 Å². The Morgan fingerprint density at radius 3 is 2.76 bits per heavy atom. The second kappa shape index (κ2) is 6.88. The summed E-state index contributed by atoms with van der Waals surface area (Å²) < 4.78 is 1.56. The Hall–Kier alpha value is -1.64. The monoisotopic (exact) mass is 326 g/mol. The minimum Gasteiger partial charge on any atom is -0.480 e. The number of thioether (sulfide) groups is 1. The second-order valence-electron chi connectivity index (χ2n) is 4.21. The summed E-state index contributed by atoms with van der Waals surface area (Å²) in [5, 5.41) is 18.1. The molecule has 1 aromatic heterocycles. The molecule has 21 heavy (non-hydrogen) atoms. The third kappa shape index (κ3) is 3.93. The standard InChI is InChI=1S/C13H14N2O4S2/c1-2-15(19)11(16)7-10(12(17)18)21-13-14-8-5-3-4-6-9(8)20-13/h3-6,10,19H,2,7H2,1H3,(H,17,18). The molecule has 0 spiro atoms. The number of carbonyl (C=O) groups excluding carboxylic acids is 1. The van der Waals surface area contributed by atoms with E-state index in [1.54, 1.807) is 6.92 Å². The number of hydrogen-bond donors (Lipinski definition) is 2. The number of carboxylic acid groups (broad SMARTS) is 1. The molecular formula is C13H14N2O4S2. The first-order chi connectivity index (χ1) is 10.0. The highest BCUT2D eigenvalue weighted by Gasteiger charge is 2.26. The van der Waals surface area contributed by atoms with Gasteiger partial charge in [0.05, 0.1) is 16.6 Å².